The number of benzene rings is 1. The molecule has 0 aromatic heterocycles. The highest BCUT2D eigenvalue weighted by atomic mass is 15.0. The molecule has 3 aliphatic rings. The molecule has 1 aromatic carbocycles. The molecule has 1 aromatic rings. The van der Waals surface area contributed by atoms with Gasteiger partial charge >= 0.3 is 0 Å². The van der Waals surface area contributed by atoms with Crippen molar-refractivity contribution in [3.8, 4) is 0 Å². The molecule has 0 spiro atoms. The fourth-order valence-electron chi connectivity index (χ4n) is 3.68. The lowest BCUT2D eigenvalue weighted by atomic mass is 9.75. The molecule has 4 rings (SSSR count). The molecule has 3 unspecified atom stereocenters. The highest BCUT2D eigenvalue weighted by Crippen LogP contribution is 2.45. The SMILES string of the molecule is C1=C2CNCCC2CC2Nc3ccccc3C12. The van der Waals surface area contributed by atoms with Gasteiger partial charge in [0.1, 0.15) is 0 Å². The number of hydrogen-bond acceptors (Lipinski definition) is 2. The second kappa shape index (κ2) is 3.61. The summed E-state index contributed by atoms with van der Waals surface area (Å²) < 4.78 is 0. The van der Waals surface area contributed by atoms with Gasteiger partial charge in [-0.15, -0.1) is 0 Å². The maximum Gasteiger partial charge on any atom is 0.0382 e. The summed E-state index contributed by atoms with van der Waals surface area (Å²) in [6.45, 7) is 2.29. The first-order chi connectivity index (χ1) is 8.42. The molecule has 2 nitrogen and oxygen atoms in total. The van der Waals surface area contributed by atoms with Crippen molar-refractivity contribution < 1.29 is 0 Å². The Morgan fingerprint density at radius 3 is 3.12 bits per heavy atom. The summed E-state index contributed by atoms with van der Waals surface area (Å²) in [6.07, 6.45) is 5.16. The van der Waals surface area contributed by atoms with Crippen molar-refractivity contribution in [3.63, 3.8) is 0 Å². The van der Waals surface area contributed by atoms with Crippen LogP contribution < -0.4 is 10.6 Å². The third-order valence-electron chi connectivity index (χ3n) is 4.55. The molecule has 0 amide bonds. The summed E-state index contributed by atoms with van der Waals surface area (Å²) in [7, 11) is 0. The Labute approximate surface area is 102 Å². The number of fused-ring (bicyclic) bond motifs is 4. The van der Waals surface area contributed by atoms with E-state index in [-0.39, 0.29) is 0 Å². The molecule has 1 fully saturated rings. The largest absolute Gasteiger partial charge is 0.381 e. The van der Waals surface area contributed by atoms with Gasteiger partial charge in [0.2, 0.25) is 0 Å². The zero-order chi connectivity index (χ0) is 11.2. The van der Waals surface area contributed by atoms with E-state index in [1.807, 2.05) is 0 Å². The number of hydrogen-bond donors (Lipinski definition) is 2. The van der Waals surface area contributed by atoms with Gasteiger partial charge in [-0.1, -0.05) is 29.8 Å². The van der Waals surface area contributed by atoms with Crippen LogP contribution in [0.5, 0.6) is 0 Å². The Kier molecular flexibility index (Phi) is 2.06. The van der Waals surface area contributed by atoms with Crippen LogP contribution in [0, 0.1) is 5.92 Å². The van der Waals surface area contributed by atoms with Crippen LogP contribution in [-0.4, -0.2) is 19.1 Å². The summed E-state index contributed by atoms with van der Waals surface area (Å²) in [6, 6.07) is 9.42. The Morgan fingerprint density at radius 2 is 2.12 bits per heavy atom. The average Bonchev–Trinajstić information content (AvgIpc) is 2.73. The van der Waals surface area contributed by atoms with Crippen LogP contribution in [0.4, 0.5) is 5.69 Å². The molecule has 1 saturated heterocycles. The van der Waals surface area contributed by atoms with Crippen molar-refractivity contribution in [2.45, 2.75) is 24.8 Å². The van der Waals surface area contributed by atoms with Gasteiger partial charge in [-0.2, -0.15) is 0 Å². The summed E-state index contributed by atoms with van der Waals surface area (Å²) in [5.74, 6) is 1.43. The van der Waals surface area contributed by atoms with Crippen molar-refractivity contribution in [2.75, 3.05) is 18.4 Å². The molecule has 17 heavy (non-hydrogen) atoms. The van der Waals surface area contributed by atoms with Crippen LogP contribution in [0.1, 0.15) is 24.3 Å². The quantitative estimate of drug-likeness (QED) is 0.664. The summed E-state index contributed by atoms with van der Waals surface area (Å²) >= 11 is 0. The van der Waals surface area contributed by atoms with E-state index in [2.05, 4.69) is 41.0 Å². The summed E-state index contributed by atoms with van der Waals surface area (Å²) in [4.78, 5) is 0. The third-order valence-corrected chi connectivity index (χ3v) is 4.55. The molecule has 2 heteroatoms. The van der Waals surface area contributed by atoms with E-state index < -0.39 is 0 Å². The molecule has 0 radical (unpaired) electrons. The van der Waals surface area contributed by atoms with Gasteiger partial charge in [0.15, 0.2) is 0 Å². The van der Waals surface area contributed by atoms with E-state index in [0.717, 1.165) is 12.5 Å². The Morgan fingerprint density at radius 1 is 1.18 bits per heavy atom. The van der Waals surface area contributed by atoms with Crippen molar-refractivity contribution >= 4 is 5.69 Å². The number of nitrogens with one attached hydrogen (secondary N) is 2. The second-order valence-corrected chi connectivity index (χ2v) is 5.50. The first-order valence-corrected chi connectivity index (χ1v) is 6.68. The predicted molar refractivity (Wildman–Crippen MR) is 70.3 cm³/mol. The molecule has 2 heterocycles. The van der Waals surface area contributed by atoms with E-state index in [9.17, 15) is 0 Å². The van der Waals surface area contributed by atoms with Crippen molar-refractivity contribution in [2.24, 2.45) is 5.92 Å². The van der Waals surface area contributed by atoms with Gasteiger partial charge in [0, 0.05) is 24.2 Å². The average molecular weight is 226 g/mol. The van der Waals surface area contributed by atoms with E-state index in [4.69, 9.17) is 0 Å². The summed E-state index contributed by atoms with van der Waals surface area (Å²) in [5, 5.41) is 7.20. The normalized spacial score (nSPS) is 34.1. The molecule has 0 bridgehead atoms. The van der Waals surface area contributed by atoms with Crippen LogP contribution >= 0.6 is 0 Å². The van der Waals surface area contributed by atoms with Crippen molar-refractivity contribution in [1.82, 2.24) is 5.32 Å². The van der Waals surface area contributed by atoms with Gasteiger partial charge in [-0.3, -0.25) is 0 Å². The molecule has 0 saturated carbocycles. The van der Waals surface area contributed by atoms with Crippen LogP contribution in [0.3, 0.4) is 0 Å². The van der Waals surface area contributed by atoms with Crippen LogP contribution in [0.15, 0.2) is 35.9 Å². The minimum Gasteiger partial charge on any atom is -0.381 e. The van der Waals surface area contributed by atoms with Gasteiger partial charge in [0.25, 0.3) is 0 Å². The summed E-state index contributed by atoms with van der Waals surface area (Å²) in [5.41, 5.74) is 4.50. The molecule has 2 aliphatic heterocycles. The Bertz CT molecular complexity index is 478. The van der Waals surface area contributed by atoms with Crippen LogP contribution in [-0.2, 0) is 0 Å². The van der Waals surface area contributed by atoms with E-state index in [1.54, 1.807) is 5.57 Å². The minimum atomic E-state index is 0.609. The minimum absolute atomic E-state index is 0.609. The highest BCUT2D eigenvalue weighted by Gasteiger charge is 2.37. The fourth-order valence-corrected chi connectivity index (χ4v) is 3.68. The first kappa shape index (κ1) is 9.72. The number of piperidine rings is 1. The molecule has 3 atom stereocenters. The topological polar surface area (TPSA) is 24.1 Å². The standard InChI is InChI=1S/C15H18N2/c1-2-4-14-12(3-1)13-7-11-9-16-6-5-10(11)8-15(13)17-14/h1-4,7,10,13,15-17H,5-6,8-9H2. The molecule has 88 valence electrons. The lowest BCUT2D eigenvalue weighted by Gasteiger charge is -2.35. The second-order valence-electron chi connectivity index (χ2n) is 5.50. The predicted octanol–water partition coefficient (Wildman–Crippen LogP) is 2.50. The molecular weight excluding hydrogens is 208 g/mol. The van der Waals surface area contributed by atoms with Crippen LogP contribution in [0.25, 0.3) is 0 Å². The zero-order valence-corrected chi connectivity index (χ0v) is 9.95. The fraction of sp³-hybridized carbons (Fsp3) is 0.467. The highest BCUT2D eigenvalue weighted by molar-refractivity contribution is 5.61. The van der Waals surface area contributed by atoms with Crippen LogP contribution in [0.2, 0.25) is 0 Å². The molecule has 2 N–H and O–H groups in total. The molecule has 1 aliphatic carbocycles. The van der Waals surface area contributed by atoms with E-state index >= 15 is 0 Å². The number of para-hydroxylation sites is 1. The van der Waals surface area contributed by atoms with E-state index in [0.29, 0.717) is 12.0 Å². The number of rotatable bonds is 0. The van der Waals surface area contributed by atoms with Crippen molar-refractivity contribution in [3.05, 3.63) is 41.5 Å². The molecular formula is C15H18N2. The van der Waals surface area contributed by atoms with Gasteiger partial charge in [-0.05, 0) is 36.9 Å². The lowest BCUT2D eigenvalue weighted by Crippen LogP contribution is -2.37. The van der Waals surface area contributed by atoms with Gasteiger partial charge in [-0.25, -0.2) is 0 Å². The van der Waals surface area contributed by atoms with E-state index in [1.165, 1.54) is 30.6 Å². The van der Waals surface area contributed by atoms with Gasteiger partial charge in [0.05, 0.1) is 0 Å². The monoisotopic (exact) mass is 226 g/mol. The van der Waals surface area contributed by atoms with Crippen molar-refractivity contribution in [1.29, 1.82) is 0 Å². The maximum absolute atomic E-state index is 3.70. The third kappa shape index (κ3) is 1.44. The smallest absolute Gasteiger partial charge is 0.0382 e. The first-order valence-electron chi connectivity index (χ1n) is 6.68. The lowest BCUT2D eigenvalue weighted by molar-refractivity contribution is 0.386. The van der Waals surface area contributed by atoms with Gasteiger partial charge < -0.3 is 10.6 Å². The Balaban J connectivity index is 1.74. The Hall–Kier alpha value is -1.28. The maximum atomic E-state index is 3.70. The zero-order valence-electron chi connectivity index (χ0n) is 9.95. The number of anilines is 1.